The maximum absolute atomic E-state index is 12.3. The van der Waals surface area contributed by atoms with Gasteiger partial charge < -0.3 is 20.1 Å². The number of anilines is 1. The van der Waals surface area contributed by atoms with E-state index in [0.29, 0.717) is 0 Å². The van der Waals surface area contributed by atoms with Crippen LogP contribution in [0, 0.1) is 0 Å². The lowest BCUT2D eigenvalue weighted by atomic mass is 10.0. The van der Waals surface area contributed by atoms with E-state index in [4.69, 9.17) is 4.74 Å². The zero-order valence-corrected chi connectivity index (χ0v) is 18.3. The molecular weight excluding hydrogens is 380 g/mol. The molecule has 2 N–H and O–H groups in total. The molecule has 0 aromatic heterocycles. The first-order chi connectivity index (χ1) is 14.5. The lowest BCUT2D eigenvalue weighted by Crippen LogP contribution is -2.43. The van der Waals surface area contributed by atoms with Crippen LogP contribution in [0.1, 0.15) is 64.4 Å². The van der Waals surface area contributed by atoms with Crippen LogP contribution in [0.3, 0.4) is 0 Å². The molecular formula is C24H36N2O4. The average molecular weight is 417 g/mol. The Morgan fingerprint density at radius 1 is 1.13 bits per heavy atom. The third kappa shape index (κ3) is 8.09. The third-order valence-corrected chi connectivity index (χ3v) is 5.29. The van der Waals surface area contributed by atoms with Crippen LogP contribution in [0.5, 0.6) is 0 Å². The maximum atomic E-state index is 12.3. The highest BCUT2D eigenvalue weighted by atomic mass is 16.6. The number of aliphatic carboxylic acids is 1. The fourth-order valence-electron chi connectivity index (χ4n) is 3.73. The van der Waals surface area contributed by atoms with Gasteiger partial charge in [-0.25, -0.2) is 9.59 Å². The highest BCUT2D eigenvalue weighted by Crippen LogP contribution is 2.18. The maximum Gasteiger partial charge on any atom is 0.408 e. The molecule has 1 aromatic rings. The molecule has 0 heterocycles. The van der Waals surface area contributed by atoms with E-state index in [2.05, 4.69) is 24.1 Å². The van der Waals surface area contributed by atoms with Gasteiger partial charge in [0.05, 0.1) is 0 Å². The summed E-state index contributed by atoms with van der Waals surface area (Å²) < 4.78 is 5.44. The van der Waals surface area contributed by atoms with E-state index in [1.165, 1.54) is 0 Å². The van der Waals surface area contributed by atoms with E-state index in [1.54, 1.807) is 0 Å². The molecule has 1 aliphatic carbocycles. The van der Waals surface area contributed by atoms with E-state index < -0.39 is 18.1 Å². The summed E-state index contributed by atoms with van der Waals surface area (Å²) in [6.07, 6.45) is 10.4. The molecule has 6 nitrogen and oxygen atoms in total. The van der Waals surface area contributed by atoms with Gasteiger partial charge in [-0.05, 0) is 62.3 Å². The summed E-state index contributed by atoms with van der Waals surface area (Å²) >= 11 is 0. The fraction of sp³-hybridized carbons (Fsp3) is 0.583. The minimum atomic E-state index is -1.07. The Hall–Kier alpha value is -2.50. The Kier molecular flexibility index (Phi) is 10.3. The Labute approximate surface area is 180 Å². The molecule has 1 aliphatic rings. The summed E-state index contributed by atoms with van der Waals surface area (Å²) in [5.41, 5.74) is 2.00. The molecule has 2 rings (SSSR count). The second-order valence-electron chi connectivity index (χ2n) is 7.90. The number of carbonyl (C=O) groups excluding carboxylic acids is 1. The zero-order valence-electron chi connectivity index (χ0n) is 18.3. The highest BCUT2D eigenvalue weighted by Gasteiger charge is 2.23. The molecule has 1 aromatic carbocycles. The van der Waals surface area contributed by atoms with Gasteiger partial charge in [0, 0.05) is 25.2 Å². The molecule has 0 saturated heterocycles. The van der Waals surface area contributed by atoms with Gasteiger partial charge in [-0.1, -0.05) is 38.5 Å². The van der Waals surface area contributed by atoms with Crippen molar-refractivity contribution in [1.29, 1.82) is 0 Å². The van der Waals surface area contributed by atoms with Crippen molar-refractivity contribution in [2.45, 2.75) is 77.4 Å². The van der Waals surface area contributed by atoms with E-state index in [9.17, 15) is 14.7 Å². The minimum Gasteiger partial charge on any atom is -0.480 e. The largest absolute Gasteiger partial charge is 0.480 e. The van der Waals surface area contributed by atoms with Crippen molar-refractivity contribution in [3.05, 3.63) is 42.0 Å². The number of amides is 1. The molecule has 0 bridgehead atoms. The summed E-state index contributed by atoms with van der Waals surface area (Å²) in [5, 5.41) is 12.1. The molecule has 30 heavy (non-hydrogen) atoms. The Morgan fingerprint density at radius 3 is 2.47 bits per heavy atom. The molecule has 0 spiro atoms. The number of ether oxygens (including phenoxy) is 1. The standard InChI is InChI=1S/C24H36N2O4/c1-3-16-26(17-4-2)20-14-12-19(13-15-20)18-22(23(27)28)25-24(29)30-21-10-8-6-5-7-9-11-21/h8,10,12-15,21-22H,3-7,9,11,16-18H2,1-2H3,(H,25,29)(H,27,28)/b10-8+/t21?,22-/m0/s1. The number of carbonyl (C=O) groups is 2. The molecule has 0 saturated carbocycles. The van der Waals surface area contributed by atoms with E-state index in [-0.39, 0.29) is 12.5 Å². The molecule has 0 aliphatic heterocycles. The summed E-state index contributed by atoms with van der Waals surface area (Å²) in [6.45, 7) is 6.30. The van der Waals surface area contributed by atoms with Crippen molar-refractivity contribution >= 4 is 17.7 Å². The van der Waals surface area contributed by atoms with Crippen molar-refractivity contribution < 1.29 is 19.4 Å². The molecule has 1 amide bonds. The number of benzene rings is 1. The molecule has 2 atom stereocenters. The first kappa shape index (κ1) is 23.8. The Bertz CT molecular complexity index is 681. The second-order valence-corrected chi connectivity index (χ2v) is 7.90. The predicted molar refractivity (Wildman–Crippen MR) is 120 cm³/mol. The lowest BCUT2D eigenvalue weighted by molar-refractivity contribution is -0.139. The van der Waals surface area contributed by atoms with E-state index in [0.717, 1.165) is 69.3 Å². The van der Waals surface area contributed by atoms with Crippen molar-refractivity contribution in [2.24, 2.45) is 0 Å². The number of nitrogens with one attached hydrogen (secondary N) is 1. The molecule has 0 radical (unpaired) electrons. The molecule has 6 heteroatoms. The summed E-state index contributed by atoms with van der Waals surface area (Å²) in [4.78, 5) is 26.3. The van der Waals surface area contributed by atoms with Crippen LogP contribution >= 0.6 is 0 Å². The molecule has 0 fully saturated rings. The first-order valence-electron chi connectivity index (χ1n) is 11.2. The van der Waals surface area contributed by atoms with Gasteiger partial charge in [-0.15, -0.1) is 0 Å². The van der Waals surface area contributed by atoms with Crippen LogP contribution in [-0.4, -0.2) is 42.4 Å². The van der Waals surface area contributed by atoms with Crippen molar-refractivity contribution in [2.75, 3.05) is 18.0 Å². The first-order valence-corrected chi connectivity index (χ1v) is 11.2. The van der Waals surface area contributed by atoms with Gasteiger partial charge in [-0.2, -0.15) is 0 Å². The highest BCUT2D eigenvalue weighted by molar-refractivity contribution is 5.80. The van der Waals surface area contributed by atoms with Crippen LogP contribution in [-0.2, 0) is 16.0 Å². The van der Waals surface area contributed by atoms with Crippen LogP contribution in [0.15, 0.2) is 36.4 Å². The number of rotatable bonds is 10. The number of hydrogen-bond donors (Lipinski definition) is 2. The van der Waals surface area contributed by atoms with Crippen molar-refractivity contribution in [3.8, 4) is 0 Å². The van der Waals surface area contributed by atoms with Gasteiger partial charge >= 0.3 is 12.1 Å². The van der Waals surface area contributed by atoms with Crippen LogP contribution < -0.4 is 10.2 Å². The number of carboxylic acids is 1. The van der Waals surface area contributed by atoms with E-state index in [1.807, 2.05) is 36.4 Å². The normalized spacial score (nSPS) is 18.5. The van der Waals surface area contributed by atoms with Gasteiger partial charge in [0.1, 0.15) is 12.1 Å². The summed E-state index contributed by atoms with van der Waals surface area (Å²) in [7, 11) is 0. The van der Waals surface area contributed by atoms with Gasteiger partial charge in [0.25, 0.3) is 0 Å². The smallest absolute Gasteiger partial charge is 0.408 e. The molecule has 1 unspecified atom stereocenters. The Balaban J connectivity index is 1.95. The van der Waals surface area contributed by atoms with E-state index >= 15 is 0 Å². The van der Waals surface area contributed by atoms with Crippen molar-refractivity contribution in [3.63, 3.8) is 0 Å². The van der Waals surface area contributed by atoms with Crippen LogP contribution in [0.2, 0.25) is 0 Å². The third-order valence-electron chi connectivity index (χ3n) is 5.29. The van der Waals surface area contributed by atoms with Crippen molar-refractivity contribution in [1.82, 2.24) is 5.32 Å². The number of allylic oxidation sites excluding steroid dienone is 1. The second kappa shape index (κ2) is 12.9. The monoisotopic (exact) mass is 416 g/mol. The SMILES string of the molecule is CCCN(CCC)c1ccc(C[C@H](NC(=O)OC2/C=C/CCCCC2)C(=O)O)cc1. The summed E-state index contributed by atoms with van der Waals surface area (Å²) in [5.74, 6) is -1.07. The van der Waals surface area contributed by atoms with Gasteiger partial charge in [0.2, 0.25) is 0 Å². The van der Waals surface area contributed by atoms with Gasteiger partial charge in [-0.3, -0.25) is 0 Å². The number of hydrogen-bond acceptors (Lipinski definition) is 4. The number of carboxylic acid groups (broad SMARTS) is 1. The predicted octanol–water partition coefficient (Wildman–Crippen LogP) is 4.92. The number of nitrogens with zero attached hydrogens (tertiary/aromatic N) is 1. The topological polar surface area (TPSA) is 78.9 Å². The van der Waals surface area contributed by atoms with Crippen LogP contribution in [0.25, 0.3) is 0 Å². The average Bonchev–Trinajstić information content (AvgIpc) is 2.70. The summed E-state index contributed by atoms with van der Waals surface area (Å²) in [6, 6.07) is 6.90. The Morgan fingerprint density at radius 2 is 1.83 bits per heavy atom. The quantitative estimate of drug-likeness (QED) is 0.529. The molecule has 166 valence electrons. The lowest BCUT2D eigenvalue weighted by Gasteiger charge is -2.24. The van der Waals surface area contributed by atoms with Gasteiger partial charge in [0.15, 0.2) is 0 Å². The number of alkyl carbamates (subject to hydrolysis) is 1. The fourth-order valence-corrected chi connectivity index (χ4v) is 3.73. The van der Waals surface area contributed by atoms with Crippen LogP contribution in [0.4, 0.5) is 10.5 Å². The minimum absolute atomic E-state index is 0.215. The zero-order chi connectivity index (χ0) is 21.8.